The maximum atomic E-state index is 10.4. The van der Waals surface area contributed by atoms with Gasteiger partial charge in [-0.2, -0.15) is 11.8 Å². The first-order chi connectivity index (χ1) is 5.99. The van der Waals surface area contributed by atoms with Gasteiger partial charge < -0.3 is 10.0 Å². The lowest BCUT2D eigenvalue weighted by molar-refractivity contribution is -0.137. The first kappa shape index (κ1) is 10.9. The first-order valence-corrected chi connectivity index (χ1v) is 5.56. The van der Waals surface area contributed by atoms with E-state index in [4.69, 9.17) is 5.11 Å². The van der Waals surface area contributed by atoms with Gasteiger partial charge in [-0.3, -0.25) is 4.79 Å². The number of thioether (sulfide) groups is 1. The van der Waals surface area contributed by atoms with E-state index in [-0.39, 0.29) is 11.2 Å². The van der Waals surface area contributed by atoms with Crippen molar-refractivity contribution in [1.82, 2.24) is 4.90 Å². The molecule has 1 fully saturated rings. The van der Waals surface area contributed by atoms with E-state index in [0.717, 1.165) is 18.8 Å². The molecule has 1 rings (SSSR count). The lowest BCUT2D eigenvalue weighted by Crippen LogP contribution is -2.43. The van der Waals surface area contributed by atoms with Crippen molar-refractivity contribution in [3.8, 4) is 0 Å². The molecule has 4 heteroatoms. The van der Waals surface area contributed by atoms with Gasteiger partial charge in [0.25, 0.3) is 0 Å². The van der Waals surface area contributed by atoms with Crippen LogP contribution in [0, 0.1) is 0 Å². The zero-order chi connectivity index (χ0) is 9.90. The normalized spacial score (nSPS) is 22.9. The van der Waals surface area contributed by atoms with Crippen molar-refractivity contribution >= 4 is 17.7 Å². The van der Waals surface area contributed by atoms with Gasteiger partial charge in [0.05, 0.1) is 6.42 Å². The van der Waals surface area contributed by atoms with Gasteiger partial charge in [0.2, 0.25) is 0 Å². The maximum absolute atomic E-state index is 10.4. The van der Waals surface area contributed by atoms with Crippen molar-refractivity contribution in [2.75, 3.05) is 25.4 Å². The van der Waals surface area contributed by atoms with Crippen LogP contribution in [-0.2, 0) is 4.79 Å². The number of carbonyl (C=O) groups is 1. The number of carboxylic acid groups (broad SMARTS) is 1. The molecule has 0 radical (unpaired) electrons. The van der Waals surface area contributed by atoms with E-state index >= 15 is 0 Å². The molecule has 0 atom stereocenters. The van der Waals surface area contributed by atoms with Gasteiger partial charge in [-0.05, 0) is 13.8 Å². The molecule has 0 aromatic rings. The van der Waals surface area contributed by atoms with Crippen LogP contribution in [0.4, 0.5) is 0 Å². The molecule has 0 aliphatic carbocycles. The number of nitrogens with zero attached hydrogens (tertiary/aromatic N) is 1. The third-order valence-corrected chi connectivity index (χ3v) is 3.44. The van der Waals surface area contributed by atoms with Crippen LogP contribution in [0.5, 0.6) is 0 Å². The molecular weight excluding hydrogens is 186 g/mol. The second-order valence-corrected chi connectivity index (χ2v) is 5.83. The van der Waals surface area contributed by atoms with E-state index in [2.05, 4.69) is 18.7 Å². The molecule has 1 heterocycles. The van der Waals surface area contributed by atoms with Gasteiger partial charge in [0.15, 0.2) is 0 Å². The van der Waals surface area contributed by atoms with Crippen LogP contribution < -0.4 is 0 Å². The van der Waals surface area contributed by atoms with Crippen molar-refractivity contribution in [1.29, 1.82) is 0 Å². The van der Waals surface area contributed by atoms with Crippen molar-refractivity contribution in [2.45, 2.75) is 25.0 Å². The molecule has 0 unspecified atom stereocenters. The molecular formula is C9H17NO2S. The molecule has 0 saturated carbocycles. The minimum atomic E-state index is -0.698. The molecule has 0 aromatic heterocycles. The maximum Gasteiger partial charge on any atom is 0.304 e. The van der Waals surface area contributed by atoms with E-state index in [9.17, 15) is 4.79 Å². The van der Waals surface area contributed by atoms with Crippen LogP contribution in [0.2, 0.25) is 0 Å². The molecule has 1 aliphatic rings. The Labute approximate surface area is 83.5 Å². The highest BCUT2D eigenvalue weighted by Gasteiger charge is 2.26. The van der Waals surface area contributed by atoms with Gasteiger partial charge in [0, 0.05) is 30.1 Å². The van der Waals surface area contributed by atoms with Gasteiger partial charge >= 0.3 is 5.97 Å². The summed E-state index contributed by atoms with van der Waals surface area (Å²) in [5, 5.41) is 8.54. The number of hydrogen-bond donors (Lipinski definition) is 1. The lowest BCUT2D eigenvalue weighted by Gasteiger charge is -2.37. The quantitative estimate of drug-likeness (QED) is 0.750. The highest BCUT2D eigenvalue weighted by Crippen LogP contribution is 2.29. The second kappa shape index (κ2) is 4.33. The SMILES string of the molecule is CC1(C)CN(CCC(=O)O)CCS1. The Morgan fingerprint density at radius 2 is 2.31 bits per heavy atom. The van der Waals surface area contributed by atoms with Crippen LogP contribution in [0.25, 0.3) is 0 Å². The molecule has 0 amide bonds. The Hall–Kier alpha value is -0.220. The molecule has 3 nitrogen and oxygen atoms in total. The second-order valence-electron chi connectivity index (χ2n) is 4.03. The summed E-state index contributed by atoms with van der Waals surface area (Å²) in [5.74, 6) is 0.420. The molecule has 76 valence electrons. The molecule has 0 aromatic carbocycles. The number of carboxylic acids is 1. The van der Waals surface area contributed by atoms with E-state index in [1.807, 2.05) is 11.8 Å². The molecule has 13 heavy (non-hydrogen) atoms. The minimum Gasteiger partial charge on any atom is -0.481 e. The fraction of sp³-hybridized carbons (Fsp3) is 0.889. The predicted octanol–water partition coefficient (Wildman–Crippen LogP) is 1.29. The Kier molecular flexibility index (Phi) is 3.62. The van der Waals surface area contributed by atoms with Crippen molar-refractivity contribution in [3.63, 3.8) is 0 Å². The van der Waals surface area contributed by atoms with E-state index < -0.39 is 5.97 Å². The van der Waals surface area contributed by atoms with Crippen molar-refractivity contribution < 1.29 is 9.90 Å². The highest BCUT2D eigenvalue weighted by atomic mass is 32.2. The summed E-state index contributed by atoms with van der Waals surface area (Å²) in [6.45, 7) is 7.15. The summed E-state index contributed by atoms with van der Waals surface area (Å²) in [5.41, 5.74) is 0. The average Bonchev–Trinajstić information content (AvgIpc) is 1.99. The summed E-state index contributed by atoms with van der Waals surface area (Å²) < 4.78 is 0.288. The van der Waals surface area contributed by atoms with Crippen LogP contribution in [0.3, 0.4) is 0 Å². The lowest BCUT2D eigenvalue weighted by atomic mass is 10.2. The molecule has 1 saturated heterocycles. The van der Waals surface area contributed by atoms with Crippen molar-refractivity contribution in [3.05, 3.63) is 0 Å². The van der Waals surface area contributed by atoms with Crippen LogP contribution in [0.1, 0.15) is 20.3 Å². The standard InChI is InChI=1S/C9H17NO2S/c1-9(2)7-10(5-6-13-9)4-3-8(11)12/h3-7H2,1-2H3,(H,11,12). The van der Waals surface area contributed by atoms with E-state index in [0.29, 0.717) is 6.54 Å². The zero-order valence-electron chi connectivity index (χ0n) is 8.25. The van der Waals surface area contributed by atoms with Gasteiger partial charge in [0.1, 0.15) is 0 Å². The topological polar surface area (TPSA) is 40.5 Å². The van der Waals surface area contributed by atoms with Crippen LogP contribution >= 0.6 is 11.8 Å². The van der Waals surface area contributed by atoms with E-state index in [1.165, 1.54) is 0 Å². The summed E-state index contributed by atoms with van der Waals surface area (Å²) in [6.07, 6.45) is 0.265. The zero-order valence-corrected chi connectivity index (χ0v) is 9.06. The Morgan fingerprint density at radius 3 is 2.85 bits per heavy atom. The summed E-state index contributed by atoms with van der Waals surface area (Å²) >= 11 is 1.97. The average molecular weight is 203 g/mol. The third kappa shape index (κ3) is 4.00. The smallest absolute Gasteiger partial charge is 0.304 e. The fourth-order valence-electron chi connectivity index (χ4n) is 1.56. The molecule has 0 bridgehead atoms. The van der Waals surface area contributed by atoms with Gasteiger partial charge in [-0.1, -0.05) is 0 Å². The van der Waals surface area contributed by atoms with Crippen LogP contribution in [-0.4, -0.2) is 46.1 Å². The summed E-state index contributed by atoms with van der Waals surface area (Å²) in [7, 11) is 0. The molecule has 0 spiro atoms. The summed E-state index contributed by atoms with van der Waals surface area (Å²) in [6, 6.07) is 0. The number of rotatable bonds is 3. The largest absolute Gasteiger partial charge is 0.481 e. The monoisotopic (exact) mass is 203 g/mol. The van der Waals surface area contributed by atoms with E-state index in [1.54, 1.807) is 0 Å². The Morgan fingerprint density at radius 1 is 1.62 bits per heavy atom. The first-order valence-electron chi connectivity index (χ1n) is 4.58. The Bertz CT molecular complexity index is 194. The molecule has 1 aliphatic heterocycles. The summed E-state index contributed by atoms with van der Waals surface area (Å²) in [4.78, 5) is 12.6. The third-order valence-electron chi connectivity index (χ3n) is 2.15. The predicted molar refractivity (Wildman–Crippen MR) is 55.2 cm³/mol. The van der Waals surface area contributed by atoms with Crippen LogP contribution in [0.15, 0.2) is 0 Å². The van der Waals surface area contributed by atoms with Crippen molar-refractivity contribution in [2.24, 2.45) is 0 Å². The molecule has 1 N–H and O–H groups in total. The van der Waals surface area contributed by atoms with Gasteiger partial charge in [-0.25, -0.2) is 0 Å². The van der Waals surface area contributed by atoms with Gasteiger partial charge in [-0.15, -0.1) is 0 Å². The minimum absolute atomic E-state index is 0.265. The Balaban J connectivity index is 2.30. The number of aliphatic carboxylic acids is 1. The fourth-order valence-corrected chi connectivity index (χ4v) is 2.73. The highest BCUT2D eigenvalue weighted by molar-refractivity contribution is 8.00. The number of hydrogen-bond acceptors (Lipinski definition) is 3.